The Labute approximate surface area is 385 Å². The van der Waals surface area contributed by atoms with E-state index < -0.39 is 15.8 Å². The van der Waals surface area contributed by atoms with Crippen molar-refractivity contribution in [1.82, 2.24) is 0 Å². The van der Waals surface area contributed by atoms with Crippen LogP contribution in [-0.2, 0) is 15.1 Å². The van der Waals surface area contributed by atoms with Gasteiger partial charge in [0, 0.05) is 23.2 Å². The van der Waals surface area contributed by atoms with Gasteiger partial charge in [0.1, 0.15) is 31.8 Å². The summed E-state index contributed by atoms with van der Waals surface area (Å²) in [6, 6.07) is 77.2. The van der Waals surface area contributed by atoms with Gasteiger partial charge >= 0.3 is 34.5 Å². The summed E-state index contributed by atoms with van der Waals surface area (Å²) in [6.07, 6.45) is 0. The van der Waals surface area contributed by atoms with Crippen LogP contribution >= 0.6 is 47.4 Å². The molecular weight excluding hydrogens is 931 g/mol. The fraction of sp³-hybridized carbons (Fsp3) is 0.0755. The molecule has 8 rings (SSSR count). The summed E-state index contributed by atoms with van der Waals surface area (Å²) in [6.45, 7) is 4.38. The van der Waals surface area contributed by atoms with Crippen molar-refractivity contribution in [3.05, 3.63) is 252 Å². The zero-order valence-corrected chi connectivity index (χ0v) is 40.2. The van der Waals surface area contributed by atoms with E-state index in [1.54, 1.807) is 0 Å². The molecule has 0 aliphatic carbocycles. The molecule has 8 aromatic rings. The monoisotopic (exact) mass is 980 g/mol. The maximum absolute atomic E-state index is 6.52. The molecule has 8 aromatic carbocycles. The van der Waals surface area contributed by atoms with Crippen LogP contribution in [0.25, 0.3) is 0 Å². The Bertz CT molecular complexity index is 2300. The Kier molecular flexibility index (Phi) is 18.1. The number of benzene rings is 8. The van der Waals surface area contributed by atoms with Gasteiger partial charge in [-0.3, -0.25) is 0 Å². The van der Waals surface area contributed by atoms with Crippen LogP contribution in [-0.4, -0.2) is 4.86 Å². The van der Waals surface area contributed by atoms with Crippen LogP contribution in [0.4, 0.5) is 0 Å². The van der Waals surface area contributed by atoms with Gasteiger partial charge in [0.15, 0.2) is 0 Å². The molecule has 0 aliphatic heterocycles. The Morgan fingerprint density at radius 2 is 0.672 bits per heavy atom. The summed E-state index contributed by atoms with van der Waals surface area (Å²) in [5.41, 5.74) is 19.3. The molecule has 2 unspecified atom stereocenters. The first-order chi connectivity index (χ1) is 29.8. The van der Waals surface area contributed by atoms with Crippen molar-refractivity contribution in [2.75, 3.05) is 0 Å². The van der Waals surface area contributed by atoms with Gasteiger partial charge in [-0.25, -0.2) is 0 Å². The van der Waals surface area contributed by atoms with E-state index >= 15 is 0 Å². The van der Waals surface area contributed by atoms with E-state index in [4.69, 9.17) is 43.1 Å². The van der Waals surface area contributed by atoms with Crippen LogP contribution in [0.3, 0.4) is 0 Å². The van der Waals surface area contributed by atoms with Gasteiger partial charge in [-0.1, -0.05) is 158 Å². The molecule has 0 spiro atoms. The van der Waals surface area contributed by atoms with Crippen molar-refractivity contribution in [3.63, 3.8) is 0 Å². The van der Waals surface area contributed by atoms with Crippen molar-refractivity contribution in [2.45, 2.75) is 25.9 Å². The van der Waals surface area contributed by atoms with Gasteiger partial charge in [-0.05, 0) is 109 Å². The molecule has 306 valence electrons. The van der Waals surface area contributed by atoms with E-state index in [0.717, 1.165) is 16.0 Å². The van der Waals surface area contributed by atoms with Crippen molar-refractivity contribution in [1.29, 1.82) is 0 Å². The van der Waals surface area contributed by atoms with E-state index in [0.29, 0.717) is 0 Å². The first kappa shape index (κ1) is 46.3. The van der Waals surface area contributed by atoms with Crippen LogP contribution in [0.2, 0.25) is 0 Å². The number of hydrogen-bond donors (Lipinski definition) is 2. The van der Waals surface area contributed by atoms with Gasteiger partial charge in [0.25, 0.3) is 0 Å². The van der Waals surface area contributed by atoms with Crippen molar-refractivity contribution < 1.29 is 15.1 Å². The second-order valence-corrected chi connectivity index (χ2v) is 22.5. The number of hydrogen-bond acceptors (Lipinski definition) is 3. The maximum atomic E-state index is 6.52. The van der Waals surface area contributed by atoms with Gasteiger partial charge in [0.2, 0.25) is 0 Å². The summed E-state index contributed by atoms with van der Waals surface area (Å²) in [5, 5.41) is 8.16. The molecule has 2 atom stereocenters. The van der Waals surface area contributed by atoms with Crippen molar-refractivity contribution in [3.8, 4) is 0 Å². The molecule has 0 heterocycles. The third kappa shape index (κ3) is 12.5. The summed E-state index contributed by atoms with van der Waals surface area (Å²) < 4.78 is 0. The number of rotatable bonds is 11. The van der Waals surface area contributed by atoms with E-state index in [9.17, 15) is 0 Å². The van der Waals surface area contributed by atoms with E-state index in [2.05, 4.69) is 172 Å². The van der Waals surface area contributed by atoms with Crippen LogP contribution in [0, 0.1) is 13.8 Å². The van der Waals surface area contributed by atoms with E-state index in [1.165, 1.54) is 54.1 Å². The van der Waals surface area contributed by atoms with Crippen LogP contribution in [0.15, 0.2) is 218 Å². The first-order valence-corrected chi connectivity index (χ1v) is 27.9. The minimum atomic E-state index is -1.30. The quantitative estimate of drug-likeness (QED) is 0.0588. The van der Waals surface area contributed by atoms with E-state index in [1.807, 2.05) is 60.7 Å². The third-order valence-electron chi connectivity index (χ3n) is 10.4. The second kappa shape index (κ2) is 23.9. The SMILES string of the molecule is Cc1ccc(C(=S)c2ccc(C)cc2[PH+](c2ccccc2)c2ccccc2)c([PH+](c2ccccc2)c2ccccc2)c1.NC(c1ccccc1)C(N)c1ccccc1.[Cl][Ru+2][Cl]. The zero-order chi connectivity index (χ0) is 43.0. The Hall–Kier alpha value is -4.17. The number of thiocarbonyl (C=S) groups is 1. The van der Waals surface area contributed by atoms with E-state index in [-0.39, 0.29) is 27.2 Å². The van der Waals surface area contributed by atoms with Gasteiger partial charge in [-0.15, -0.1) is 0 Å². The predicted octanol–water partition coefficient (Wildman–Crippen LogP) is 10.8. The van der Waals surface area contributed by atoms with Crippen LogP contribution in [0.5, 0.6) is 0 Å². The molecule has 0 fully saturated rings. The minimum absolute atomic E-state index is 0.163. The fourth-order valence-corrected chi connectivity index (χ4v) is 13.7. The molecule has 0 amide bonds. The van der Waals surface area contributed by atoms with Crippen LogP contribution in [0.1, 0.15) is 45.5 Å². The summed E-state index contributed by atoms with van der Waals surface area (Å²) in [5.74, 6) is 0. The zero-order valence-electron chi connectivity index (χ0n) is 34.1. The average Bonchev–Trinajstić information content (AvgIpc) is 3.31. The summed E-state index contributed by atoms with van der Waals surface area (Å²) in [7, 11) is 7.10. The summed E-state index contributed by atoms with van der Waals surface area (Å²) >= 11 is 6.17. The predicted molar refractivity (Wildman–Crippen MR) is 272 cm³/mol. The topological polar surface area (TPSA) is 52.0 Å². The second-order valence-electron chi connectivity index (χ2n) is 14.6. The molecular formula is C53H50Cl2N2P2RuS+4. The third-order valence-corrected chi connectivity index (χ3v) is 16.4. The molecule has 61 heavy (non-hydrogen) atoms. The normalized spacial score (nSPS) is 11.7. The number of aryl methyl sites for hydroxylation is 2. The molecule has 4 N–H and O–H groups in total. The van der Waals surface area contributed by atoms with Crippen molar-refractivity contribution >= 4 is 84.1 Å². The molecule has 8 heteroatoms. The Balaban J connectivity index is 0.000000272. The Morgan fingerprint density at radius 1 is 0.426 bits per heavy atom. The Morgan fingerprint density at radius 3 is 0.934 bits per heavy atom. The van der Waals surface area contributed by atoms with Crippen LogP contribution < -0.4 is 43.3 Å². The number of halogens is 2. The molecule has 2 nitrogen and oxygen atoms in total. The molecule has 0 radical (unpaired) electrons. The standard InChI is InChI=1S/C39H32P2S.C14H16N2.2ClH.Ru/c1-29-23-25-35(37(27-29)40(31-15-7-3-8-16-31)32-17-9-4-10-18-32)39(42)36-26-24-30(2)28-38(36)41(33-19-11-5-12-20-33)34-21-13-6-14-22-34;15-13(11-7-3-1-4-8-11)14(16)12-9-5-2-6-10-12;;;/h3-28H,1-2H3;1-10,13-14H,15-16H2;2*1H;/q;;;;+4. The molecule has 0 aromatic heterocycles. The molecule has 0 saturated carbocycles. The first-order valence-electron chi connectivity index (χ1n) is 20.0. The fourth-order valence-electron chi connectivity index (χ4n) is 7.41. The average molecular weight is 981 g/mol. The molecule has 0 aliphatic rings. The van der Waals surface area contributed by atoms with Gasteiger partial charge < -0.3 is 11.5 Å². The van der Waals surface area contributed by atoms with Gasteiger partial charge in [0.05, 0.1) is 20.7 Å². The number of nitrogens with two attached hydrogens (primary N) is 2. The van der Waals surface area contributed by atoms with Gasteiger partial charge in [-0.2, -0.15) is 0 Å². The van der Waals surface area contributed by atoms with Crippen molar-refractivity contribution in [2.24, 2.45) is 11.5 Å². The molecule has 0 bridgehead atoms. The molecule has 0 saturated heterocycles. The summed E-state index contributed by atoms with van der Waals surface area (Å²) in [4.78, 5) is 0.934.